The summed E-state index contributed by atoms with van der Waals surface area (Å²) < 4.78 is 5.59. The molecule has 2 amide bonds. The van der Waals surface area contributed by atoms with E-state index in [1.54, 1.807) is 4.90 Å². The predicted molar refractivity (Wildman–Crippen MR) is 142 cm³/mol. The number of ether oxygens (including phenoxy) is 1. The molecule has 1 saturated carbocycles. The topological polar surface area (TPSA) is 87.3 Å². The number of aromatic nitrogens is 2. The van der Waals surface area contributed by atoms with Crippen LogP contribution < -0.4 is 5.32 Å². The first kappa shape index (κ1) is 23.3. The van der Waals surface area contributed by atoms with Gasteiger partial charge in [-0.3, -0.25) is 9.69 Å². The molecule has 1 aliphatic heterocycles. The second-order valence-electron chi connectivity index (χ2n) is 9.96. The highest BCUT2D eigenvalue weighted by atomic mass is 16.6. The Morgan fingerprint density at radius 1 is 0.946 bits per heavy atom. The maximum absolute atomic E-state index is 12.8. The lowest BCUT2D eigenvalue weighted by Crippen LogP contribution is -2.31. The molecule has 6 rings (SSSR count). The first-order valence-electron chi connectivity index (χ1n) is 13.0. The Labute approximate surface area is 215 Å². The number of aromatic amines is 1. The monoisotopic (exact) mass is 494 g/mol. The Bertz CT molecular complexity index is 1410. The van der Waals surface area contributed by atoms with Gasteiger partial charge in [0.1, 0.15) is 12.4 Å². The van der Waals surface area contributed by atoms with Gasteiger partial charge in [0.15, 0.2) is 0 Å². The first-order valence-corrected chi connectivity index (χ1v) is 13.0. The van der Waals surface area contributed by atoms with Crippen molar-refractivity contribution in [2.75, 3.05) is 6.54 Å². The number of benzene rings is 3. The van der Waals surface area contributed by atoms with Gasteiger partial charge < -0.3 is 15.0 Å². The molecule has 1 saturated heterocycles. The third-order valence-electron chi connectivity index (χ3n) is 7.10. The predicted octanol–water partition coefficient (Wildman–Crippen LogP) is 5.52. The van der Waals surface area contributed by atoms with E-state index in [1.165, 1.54) is 0 Å². The number of carbonyl (C=O) groups is 2. The summed E-state index contributed by atoms with van der Waals surface area (Å²) >= 11 is 0. The van der Waals surface area contributed by atoms with Gasteiger partial charge in [-0.2, -0.15) is 0 Å². The molecule has 2 aliphatic rings. The number of hydrogen-bond donors (Lipinski definition) is 2. The van der Waals surface area contributed by atoms with Crippen molar-refractivity contribution in [3.8, 4) is 11.1 Å². The van der Waals surface area contributed by atoms with Crippen LogP contribution in [0, 0.1) is 0 Å². The van der Waals surface area contributed by atoms with Crippen LogP contribution >= 0.6 is 0 Å². The molecule has 3 aromatic carbocycles. The molecule has 188 valence electrons. The molecule has 7 heteroatoms. The molecule has 2 heterocycles. The summed E-state index contributed by atoms with van der Waals surface area (Å²) in [5.74, 6) is 0.880. The number of imidazole rings is 1. The van der Waals surface area contributed by atoms with Crippen molar-refractivity contribution in [1.82, 2.24) is 20.2 Å². The van der Waals surface area contributed by atoms with Gasteiger partial charge in [-0.25, -0.2) is 9.78 Å². The van der Waals surface area contributed by atoms with Crippen LogP contribution in [-0.4, -0.2) is 39.5 Å². The number of hydrogen-bond acceptors (Lipinski definition) is 4. The second-order valence-corrected chi connectivity index (χ2v) is 9.96. The number of nitrogens with one attached hydrogen (secondary N) is 2. The minimum absolute atomic E-state index is 0.0894. The molecule has 1 atom stereocenters. The van der Waals surface area contributed by atoms with Gasteiger partial charge in [0, 0.05) is 12.6 Å². The van der Waals surface area contributed by atoms with Crippen molar-refractivity contribution in [1.29, 1.82) is 0 Å². The average molecular weight is 495 g/mol. The first-order chi connectivity index (χ1) is 18.1. The molecular formula is C30H30N4O3. The van der Waals surface area contributed by atoms with Crippen LogP contribution in [0.3, 0.4) is 0 Å². The summed E-state index contributed by atoms with van der Waals surface area (Å²) in [6.07, 6.45) is 4.06. The van der Waals surface area contributed by atoms with Crippen LogP contribution in [0.15, 0.2) is 72.8 Å². The summed E-state index contributed by atoms with van der Waals surface area (Å²) in [6.45, 7) is 0.919. The van der Waals surface area contributed by atoms with E-state index in [0.29, 0.717) is 19.0 Å². The lowest BCUT2D eigenvalue weighted by atomic mass is 10.0. The molecule has 1 aromatic heterocycles. The van der Waals surface area contributed by atoms with E-state index in [9.17, 15) is 9.59 Å². The third-order valence-corrected chi connectivity index (χ3v) is 7.10. The van der Waals surface area contributed by atoms with Crippen molar-refractivity contribution < 1.29 is 14.3 Å². The summed E-state index contributed by atoms with van der Waals surface area (Å²) in [6, 6.07) is 24.3. The average Bonchev–Trinajstić information content (AvgIpc) is 3.42. The molecular weight excluding hydrogens is 464 g/mol. The molecule has 7 nitrogen and oxygen atoms in total. The highest BCUT2D eigenvalue weighted by molar-refractivity contribution is 5.83. The smallest absolute Gasteiger partial charge is 0.410 e. The van der Waals surface area contributed by atoms with Gasteiger partial charge in [0.2, 0.25) is 5.91 Å². The molecule has 4 aromatic rings. The van der Waals surface area contributed by atoms with E-state index in [-0.39, 0.29) is 24.6 Å². The Morgan fingerprint density at radius 2 is 1.73 bits per heavy atom. The zero-order valence-corrected chi connectivity index (χ0v) is 20.7. The van der Waals surface area contributed by atoms with Crippen LogP contribution in [0.4, 0.5) is 4.79 Å². The largest absolute Gasteiger partial charge is 0.445 e. The van der Waals surface area contributed by atoms with Gasteiger partial charge in [-0.15, -0.1) is 0 Å². The van der Waals surface area contributed by atoms with Gasteiger partial charge in [-0.1, -0.05) is 60.7 Å². The second kappa shape index (κ2) is 10.1. The molecule has 1 aliphatic carbocycles. The standard InChI is InChI=1S/C30H30N4O3/c35-28(31-24-13-14-24)17-20-8-10-22(11-9-20)23-12-15-25-26(18-23)33-29(32-25)27-7-4-16-34(27)30(36)37-19-21-5-2-1-3-6-21/h1-3,5-6,8-12,15,18,24,27H,4,7,13-14,16-17,19H2,(H,31,35)(H,32,33). The number of fused-ring (bicyclic) bond motifs is 1. The van der Waals surface area contributed by atoms with Crippen molar-refractivity contribution in [3.63, 3.8) is 0 Å². The lowest BCUT2D eigenvalue weighted by Gasteiger charge is -2.22. The van der Waals surface area contributed by atoms with E-state index in [2.05, 4.69) is 34.6 Å². The zero-order valence-electron chi connectivity index (χ0n) is 20.7. The number of H-pyrrole nitrogens is 1. The Balaban J connectivity index is 1.14. The van der Waals surface area contributed by atoms with Crippen LogP contribution in [-0.2, 0) is 22.6 Å². The van der Waals surface area contributed by atoms with Crippen LogP contribution in [0.5, 0.6) is 0 Å². The van der Waals surface area contributed by atoms with E-state index in [4.69, 9.17) is 9.72 Å². The highest BCUT2D eigenvalue weighted by Gasteiger charge is 2.33. The highest BCUT2D eigenvalue weighted by Crippen LogP contribution is 2.33. The van der Waals surface area contributed by atoms with Crippen LogP contribution in [0.25, 0.3) is 22.2 Å². The quantitative estimate of drug-likeness (QED) is 0.354. The van der Waals surface area contributed by atoms with Gasteiger partial charge in [0.25, 0.3) is 0 Å². The summed E-state index contributed by atoms with van der Waals surface area (Å²) in [5, 5.41) is 3.04. The van der Waals surface area contributed by atoms with Crippen molar-refractivity contribution >= 4 is 23.0 Å². The summed E-state index contributed by atoms with van der Waals surface area (Å²) in [7, 11) is 0. The molecule has 0 spiro atoms. The minimum atomic E-state index is -0.307. The number of rotatable bonds is 7. The SMILES string of the molecule is O=C(Cc1ccc(-c2ccc3nc(C4CCCN4C(=O)OCc4ccccc4)[nH]c3c2)cc1)NC1CC1. The molecule has 2 fully saturated rings. The Morgan fingerprint density at radius 3 is 2.51 bits per heavy atom. The number of nitrogens with zero attached hydrogens (tertiary/aromatic N) is 2. The third kappa shape index (κ3) is 5.35. The molecule has 0 radical (unpaired) electrons. The number of amides is 2. The summed E-state index contributed by atoms with van der Waals surface area (Å²) in [5.41, 5.74) is 5.94. The van der Waals surface area contributed by atoms with Crippen molar-refractivity contribution in [2.45, 2.75) is 50.8 Å². The van der Waals surface area contributed by atoms with E-state index >= 15 is 0 Å². The lowest BCUT2D eigenvalue weighted by molar-refractivity contribution is -0.120. The molecule has 37 heavy (non-hydrogen) atoms. The fraction of sp³-hybridized carbons (Fsp3) is 0.300. The fourth-order valence-corrected chi connectivity index (χ4v) is 4.95. The van der Waals surface area contributed by atoms with E-state index in [0.717, 1.165) is 64.8 Å². The summed E-state index contributed by atoms with van der Waals surface area (Å²) in [4.78, 5) is 35.0. The maximum Gasteiger partial charge on any atom is 0.410 e. The van der Waals surface area contributed by atoms with Gasteiger partial charge in [0.05, 0.1) is 23.5 Å². The molecule has 0 bridgehead atoms. The number of carbonyl (C=O) groups excluding carboxylic acids is 2. The van der Waals surface area contributed by atoms with Crippen LogP contribution in [0.2, 0.25) is 0 Å². The minimum Gasteiger partial charge on any atom is -0.445 e. The van der Waals surface area contributed by atoms with Gasteiger partial charge in [-0.05, 0) is 60.1 Å². The van der Waals surface area contributed by atoms with Crippen LogP contribution in [0.1, 0.15) is 48.7 Å². The number of likely N-dealkylation sites (tertiary alicyclic amines) is 1. The van der Waals surface area contributed by atoms with Gasteiger partial charge >= 0.3 is 6.09 Å². The fourth-order valence-electron chi connectivity index (χ4n) is 4.95. The Kier molecular flexibility index (Phi) is 6.35. The van der Waals surface area contributed by atoms with E-state index < -0.39 is 0 Å². The maximum atomic E-state index is 12.8. The molecule has 2 N–H and O–H groups in total. The van der Waals surface area contributed by atoms with Crippen molar-refractivity contribution in [2.24, 2.45) is 0 Å². The normalized spacial score (nSPS) is 17.2. The molecule has 1 unspecified atom stereocenters. The zero-order chi connectivity index (χ0) is 25.2. The van der Waals surface area contributed by atoms with E-state index in [1.807, 2.05) is 48.5 Å². The van der Waals surface area contributed by atoms with Crippen molar-refractivity contribution in [3.05, 3.63) is 89.7 Å². The Hall–Kier alpha value is -4.13.